The molecule has 8 nitrogen and oxygen atoms in total. The van der Waals surface area contributed by atoms with Crippen molar-refractivity contribution in [2.75, 3.05) is 26.1 Å². The maximum absolute atomic E-state index is 12.6. The van der Waals surface area contributed by atoms with E-state index in [4.69, 9.17) is 13.9 Å². The third-order valence-electron chi connectivity index (χ3n) is 3.86. The zero-order chi connectivity index (χ0) is 16.9. The van der Waals surface area contributed by atoms with Gasteiger partial charge in [0.25, 0.3) is 0 Å². The summed E-state index contributed by atoms with van der Waals surface area (Å²) < 4.78 is 15.8. The number of likely N-dealkylation sites (tertiary alicyclic amines) is 1. The summed E-state index contributed by atoms with van der Waals surface area (Å²) in [6.07, 6.45) is 3.32. The number of rotatable bonds is 5. The Morgan fingerprint density at radius 1 is 1.42 bits per heavy atom. The van der Waals surface area contributed by atoms with Gasteiger partial charge in [0.1, 0.15) is 23.9 Å². The molecule has 8 heteroatoms. The second-order valence-corrected chi connectivity index (χ2v) is 5.45. The summed E-state index contributed by atoms with van der Waals surface area (Å²) in [5.41, 5.74) is 0. The first-order chi connectivity index (χ1) is 11.7. The Bertz CT molecular complexity index is 703. The van der Waals surface area contributed by atoms with Crippen LogP contribution in [-0.2, 0) is 11.3 Å². The van der Waals surface area contributed by atoms with Crippen LogP contribution in [0.5, 0.6) is 6.01 Å². The van der Waals surface area contributed by atoms with Crippen LogP contribution in [-0.4, -0.2) is 41.7 Å². The van der Waals surface area contributed by atoms with Crippen LogP contribution < -0.4 is 10.1 Å². The minimum atomic E-state index is -0.219. The summed E-state index contributed by atoms with van der Waals surface area (Å²) in [6, 6.07) is 5.30. The molecule has 0 aromatic carbocycles. The molecule has 0 unspecified atom stereocenters. The molecule has 1 aliphatic heterocycles. The Hall–Kier alpha value is -2.61. The van der Waals surface area contributed by atoms with Crippen molar-refractivity contribution in [2.24, 2.45) is 0 Å². The van der Waals surface area contributed by atoms with Gasteiger partial charge in [-0.15, -0.1) is 0 Å². The van der Waals surface area contributed by atoms with E-state index in [9.17, 15) is 4.79 Å². The summed E-state index contributed by atoms with van der Waals surface area (Å²) in [5, 5.41) is 2.78. The first-order valence-electron chi connectivity index (χ1n) is 7.73. The molecule has 3 rings (SSSR count). The Morgan fingerprint density at radius 2 is 2.29 bits per heavy atom. The largest absolute Gasteiger partial charge is 0.467 e. The van der Waals surface area contributed by atoms with Gasteiger partial charge in [0.05, 0.1) is 13.2 Å². The van der Waals surface area contributed by atoms with E-state index in [1.165, 1.54) is 13.3 Å². The van der Waals surface area contributed by atoms with Crippen molar-refractivity contribution in [1.82, 2.24) is 14.9 Å². The first-order valence-corrected chi connectivity index (χ1v) is 7.73. The molecule has 1 N–H and O–H groups in total. The monoisotopic (exact) mass is 332 g/mol. The van der Waals surface area contributed by atoms with E-state index >= 15 is 0 Å². The fourth-order valence-corrected chi connectivity index (χ4v) is 2.79. The van der Waals surface area contributed by atoms with Crippen molar-refractivity contribution in [3.05, 3.63) is 35.9 Å². The quantitative estimate of drug-likeness (QED) is 0.905. The molecular weight excluding hydrogens is 312 g/mol. The number of furan rings is 1. The summed E-state index contributed by atoms with van der Waals surface area (Å²) in [5.74, 6) is 1.92. The van der Waals surface area contributed by atoms with Gasteiger partial charge in [0, 0.05) is 19.9 Å². The molecule has 2 aromatic heterocycles. The summed E-state index contributed by atoms with van der Waals surface area (Å²) in [7, 11) is 3.10. The zero-order valence-electron chi connectivity index (χ0n) is 13.7. The SMILES string of the molecule is COCc1ccc([C@H]2CCCN2C(=O)Nc2ccnc(OC)n2)o1. The van der Waals surface area contributed by atoms with Gasteiger partial charge < -0.3 is 18.8 Å². The number of aromatic nitrogens is 2. The fraction of sp³-hybridized carbons (Fsp3) is 0.438. The van der Waals surface area contributed by atoms with Crippen LogP contribution in [0.15, 0.2) is 28.8 Å². The van der Waals surface area contributed by atoms with Crippen LogP contribution in [0.1, 0.15) is 30.4 Å². The van der Waals surface area contributed by atoms with Crippen molar-refractivity contribution in [1.29, 1.82) is 0 Å². The van der Waals surface area contributed by atoms with E-state index in [-0.39, 0.29) is 18.1 Å². The second-order valence-electron chi connectivity index (χ2n) is 5.45. The van der Waals surface area contributed by atoms with Gasteiger partial charge >= 0.3 is 12.0 Å². The smallest absolute Gasteiger partial charge is 0.323 e. The number of hydrogen-bond donors (Lipinski definition) is 1. The molecule has 1 fully saturated rings. The molecule has 0 bridgehead atoms. The lowest BCUT2D eigenvalue weighted by Crippen LogP contribution is -2.34. The number of hydrogen-bond acceptors (Lipinski definition) is 6. The van der Waals surface area contributed by atoms with Gasteiger partial charge in [-0.3, -0.25) is 5.32 Å². The molecule has 2 amide bonds. The van der Waals surface area contributed by atoms with E-state index < -0.39 is 0 Å². The van der Waals surface area contributed by atoms with Crippen LogP contribution in [0.25, 0.3) is 0 Å². The van der Waals surface area contributed by atoms with Crippen molar-refractivity contribution in [3.63, 3.8) is 0 Å². The molecule has 2 aromatic rings. The highest BCUT2D eigenvalue weighted by molar-refractivity contribution is 5.88. The number of urea groups is 1. The fourth-order valence-electron chi connectivity index (χ4n) is 2.79. The molecule has 1 saturated heterocycles. The molecular formula is C16H20N4O4. The third-order valence-corrected chi connectivity index (χ3v) is 3.86. The van der Waals surface area contributed by atoms with E-state index in [0.717, 1.165) is 24.4 Å². The lowest BCUT2D eigenvalue weighted by atomic mass is 10.2. The number of carbonyl (C=O) groups excluding carboxylic acids is 1. The molecule has 0 aliphatic carbocycles. The van der Waals surface area contributed by atoms with E-state index in [1.54, 1.807) is 18.1 Å². The minimum absolute atomic E-state index is 0.0839. The van der Waals surface area contributed by atoms with Crippen molar-refractivity contribution in [3.8, 4) is 6.01 Å². The normalized spacial score (nSPS) is 17.1. The topological polar surface area (TPSA) is 89.7 Å². The molecule has 0 radical (unpaired) electrons. The highest BCUT2D eigenvalue weighted by Gasteiger charge is 2.32. The van der Waals surface area contributed by atoms with Gasteiger partial charge in [-0.2, -0.15) is 4.98 Å². The predicted octanol–water partition coefficient (Wildman–Crippen LogP) is 2.59. The van der Waals surface area contributed by atoms with Gasteiger partial charge in [-0.1, -0.05) is 0 Å². The zero-order valence-corrected chi connectivity index (χ0v) is 13.7. The number of nitrogens with one attached hydrogen (secondary N) is 1. The first kappa shape index (κ1) is 16.3. The average Bonchev–Trinajstić information content (AvgIpc) is 3.24. The van der Waals surface area contributed by atoms with Crippen LogP contribution in [0.2, 0.25) is 0 Å². The molecule has 1 atom stereocenters. The Labute approximate surface area is 139 Å². The number of carbonyl (C=O) groups is 1. The minimum Gasteiger partial charge on any atom is -0.467 e. The van der Waals surface area contributed by atoms with Gasteiger partial charge in [0.15, 0.2) is 0 Å². The highest BCUT2D eigenvalue weighted by Crippen LogP contribution is 2.33. The lowest BCUT2D eigenvalue weighted by molar-refractivity contribution is 0.157. The molecule has 1 aliphatic rings. The second kappa shape index (κ2) is 7.31. The third kappa shape index (κ3) is 3.48. The van der Waals surface area contributed by atoms with E-state index in [0.29, 0.717) is 19.0 Å². The molecule has 3 heterocycles. The molecule has 0 spiro atoms. The lowest BCUT2D eigenvalue weighted by Gasteiger charge is -2.23. The molecule has 24 heavy (non-hydrogen) atoms. The van der Waals surface area contributed by atoms with Gasteiger partial charge in [-0.05, 0) is 31.0 Å². The van der Waals surface area contributed by atoms with Gasteiger partial charge in [-0.25, -0.2) is 9.78 Å². The predicted molar refractivity (Wildman–Crippen MR) is 85.7 cm³/mol. The van der Waals surface area contributed by atoms with Crippen molar-refractivity contribution >= 4 is 11.8 Å². The summed E-state index contributed by atoms with van der Waals surface area (Å²) >= 11 is 0. The molecule has 128 valence electrons. The average molecular weight is 332 g/mol. The Balaban J connectivity index is 1.70. The standard InChI is InChI=1S/C16H20N4O4/c1-22-10-11-5-6-13(24-11)12-4-3-9-20(12)16(21)19-14-7-8-17-15(18-14)23-2/h5-8,12H,3-4,9-10H2,1-2H3,(H,17,18,19,21)/t12-/m1/s1. The highest BCUT2D eigenvalue weighted by atomic mass is 16.5. The van der Waals surface area contributed by atoms with Crippen LogP contribution in [0.4, 0.5) is 10.6 Å². The van der Waals surface area contributed by atoms with Gasteiger partial charge in [0.2, 0.25) is 0 Å². The van der Waals surface area contributed by atoms with Crippen LogP contribution >= 0.6 is 0 Å². The van der Waals surface area contributed by atoms with Crippen molar-refractivity contribution < 1.29 is 18.7 Å². The summed E-state index contributed by atoms with van der Waals surface area (Å²) in [4.78, 5) is 22.3. The number of amides is 2. The maximum Gasteiger partial charge on any atom is 0.323 e. The Kier molecular flexibility index (Phi) is 4.95. The number of nitrogens with zero attached hydrogens (tertiary/aromatic N) is 3. The van der Waals surface area contributed by atoms with Crippen LogP contribution in [0.3, 0.4) is 0 Å². The van der Waals surface area contributed by atoms with Crippen LogP contribution in [0, 0.1) is 0 Å². The molecule has 0 saturated carbocycles. The number of anilines is 1. The number of ether oxygens (including phenoxy) is 2. The Morgan fingerprint density at radius 3 is 3.08 bits per heavy atom. The maximum atomic E-state index is 12.6. The number of methoxy groups -OCH3 is 2. The van der Waals surface area contributed by atoms with E-state index in [1.807, 2.05) is 12.1 Å². The summed E-state index contributed by atoms with van der Waals surface area (Å²) in [6.45, 7) is 1.08. The van der Waals surface area contributed by atoms with Crippen molar-refractivity contribution in [2.45, 2.75) is 25.5 Å². The van der Waals surface area contributed by atoms with E-state index in [2.05, 4.69) is 15.3 Å².